The highest BCUT2D eigenvalue weighted by Crippen LogP contribution is 2.48. The lowest BCUT2D eigenvalue weighted by atomic mass is 9.87. The number of rotatable bonds is 3. The first-order chi connectivity index (χ1) is 15.8. The highest BCUT2D eigenvalue weighted by molar-refractivity contribution is 5.63. The van der Waals surface area contributed by atoms with Gasteiger partial charge in [-0.15, -0.1) is 0 Å². The number of benzene rings is 2. The van der Waals surface area contributed by atoms with Gasteiger partial charge in [0.05, 0.1) is 31.8 Å². The maximum atomic E-state index is 13.7. The van der Waals surface area contributed by atoms with Crippen LogP contribution in [0, 0.1) is 13.8 Å². The van der Waals surface area contributed by atoms with Crippen LogP contribution >= 0.6 is 0 Å². The number of nitrogens with zero attached hydrogens (tertiary/aromatic N) is 1. The molecule has 33 heavy (non-hydrogen) atoms. The van der Waals surface area contributed by atoms with Crippen molar-refractivity contribution in [2.75, 3.05) is 27.5 Å². The number of quaternary nitrogens is 1. The van der Waals surface area contributed by atoms with Gasteiger partial charge in [0.15, 0.2) is 11.5 Å². The Kier molecular flexibility index (Phi) is 4.93. The Balaban J connectivity index is 1.79. The van der Waals surface area contributed by atoms with Gasteiger partial charge in [-0.3, -0.25) is 14.3 Å². The minimum Gasteiger partial charge on any atom is -0.859 e. The molecule has 2 aromatic carbocycles. The van der Waals surface area contributed by atoms with E-state index in [0.717, 1.165) is 26.2 Å². The van der Waals surface area contributed by atoms with E-state index >= 15 is 0 Å². The number of methoxy groups -OCH3 is 1. The number of aromatic amines is 1. The Morgan fingerprint density at radius 3 is 2.67 bits per heavy atom. The normalized spacial score (nSPS) is 18.8. The van der Waals surface area contributed by atoms with E-state index in [4.69, 9.17) is 14.2 Å². The Bertz CT molecular complexity index is 1390. The fourth-order valence-corrected chi connectivity index (χ4v) is 4.80. The molecule has 2 aliphatic heterocycles. The van der Waals surface area contributed by atoms with Crippen LogP contribution in [-0.4, -0.2) is 37.0 Å². The standard InChI is InChI=1S/C24H25N3O6/c1-12-5-6-15(9-13(12)2)27-23(29)18(22(28)25-24(27)30)19-17-14(7-8-26(19)3)10-16-20(21(17)31-4)33-11-32-16/h5-6,9-10,19,29H,7-8,11H2,1-4H3,(H,25,28,30)/t19-/m0/s1. The number of fused-ring (bicyclic) bond motifs is 2. The van der Waals surface area contributed by atoms with Crippen molar-refractivity contribution in [3.05, 3.63) is 72.9 Å². The number of likely N-dealkylation sites (N-methyl/N-ethyl adjacent to an activating group) is 1. The number of hydrogen-bond donors (Lipinski definition) is 2. The molecule has 0 aliphatic carbocycles. The van der Waals surface area contributed by atoms with Crippen LogP contribution in [0.5, 0.6) is 23.1 Å². The summed E-state index contributed by atoms with van der Waals surface area (Å²) in [6.07, 6.45) is 0.716. The van der Waals surface area contributed by atoms with E-state index in [2.05, 4.69) is 4.98 Å². The molecule has 0 radical (unpaired) electrons. The van der Waals surface area contributed by atoms with Crippen LogP contribution in [0.3, 0.4) is 0 Å². The number of aryl methyl sites for hydroxylation is 2. The predicted octanol–water partition coefficient (Wildman–Crippen LogP) is 0.114. The van der Waals surface area contributed by atoms with Crippen LogP contribution in [0.2, 0.25) is 0 Å². The molecule has 0 saturated carbocycles. The quantitative estimate of drug-likeness (QED) is 0.585. The van der Waals surface area contributed by atoms with Gasteiger partial charge in [0.2, 0.25) is 12.5 Å². The van der Waals surface area contributed by atoms with Crippen molar-refractivity contribution >= 4 is 0 Å². The van der Waals surface area contributed by atoms with Crippen LogP contribution in [0.4, 0.5) is 0 Å². The van der Waals surface area contributed by atoms with Gasteiger partial charge in [0.1, 0.15) is 6.04 Å². The molecule has 0 bridgehead atoms. The lowest BCUT2D eigenvalue weighted by Crippen LogP contribution is -3.10. The van der Waals surface area contributed by atoms with E-state index < -0.39 is 23.2 Å². The topological polar surface area (TPSA) is 110 Å². The summed E-state index contributed by atoms with van der Waals surface area (Å²) in [5.41, 5.74) is 2.56. The van der Waals surface area contributed by atoms with Gasteiger partial charge < -0.3 is 24.2 Å². The summed E-state index contributed by atoms with van der Waals surface area (Å²) in [5.74, 6) is 0.860. The maximum absolute atomic E-state index is 13.7. The zero-order valence-electron chi connectivity index (χ0n) is 18.9. The highest BCUT2D eigenvalue weighted by Gasteiger charge is 2.39. The molecule has 5 rings (SSSR count). The Hall–Kier alpha value is -3.72. The molecule has 9 heteroatoms. The summed E-state index contributed by atoms with van der Waals surface area (Å²) >= 11 is 0. The van der Waals surface area contributed by atoms with Crippen molar-refractivity contribution in [3.8, 4) is 28.8 Å². The second-order valence-corrected chi connectivity index (χ2v) is 8.58. The largest absolute Gasteiger partial charge is 0.859 e. The van der Waals surface area contributed by atoms with Crippen molar-refractivity contribution in [2.45, 2.75) is 26.3 Å². The molecular formula is C24H25N3O6. The smallest absolute Gasteiger partial charge is 0.332 e. The SMILES string of the molecule is COc1c2c(cc3c1[C@@H](c1c([O-])n(-c4ccc(C)c(C)c4)c(=O)[nH]c1=O)[NH+](C)CC3)OCO2. The van der Waals surface area contributed by atoms with Gasteiger partial charge >= 0.3 is 5.69 Å². The first kappa shape index (κ1) is 21.1. The molecule has 2 aliphatic rings. The van der Waals surface area contributed by atoms with E-state index in [1.54, 1.807) is 12.1 Å². The second kappa shape index (κ2) is 7.70. The zero-order chi connectivity index (χ0) is 23.4. The number of H-pyrrole nitrogens is 1. The van der Waals surface area contributed by atoms with Crippen LogP contribution < -0.4 is 35.5 Å². The number of nitrogens with one attached hydrogen (secondary N) is 2. The van der Waals surface area contributed by atoms with Gasteiger partial charge in [-0.2, -0.15) is 0 Å². The second-order valence-electron chi connectivity index (χ2n) is 8.58. The number of aromatic nitrogens is 2. The Morgan fingerprint density at radius 1 is 1.15 bits per heavy atom. The molecule has 172 valence electrons. The average Bonchev–Trinajstić information content (AvgIpc) is 3.24. The minimum atomic E-state index is -0.761. The third-order valence-corrected chi connectivity index (χ3v) is 6.66. The third-order valence-electron chi connectivity index (χ3n) is 6.66. The number of ether oxygens (including phenoxy) is 3. The average molecular weight is 451 g/mol. The summed E-state index contributed by atoms with van der Waals surface area (Å²) < 4.78 is 17.9. The summed E-state index contributed by atoms with van der Waals surface area (Å²) in [4.78, 5) is 29.1. The van der Waals surface area contributed by atoms with Gasteiger partial charge in [-0.1, -0.05) is 6.07 Å². The van der Waals surface area contributed by atoms with E-state index in [0.29, 0.717) is 41.5 Å². The van der Waals surface area contributed by atoms with Gasteiger partial charge in [0.25, 0.3) is 5.56 Å². The highest BCUT2D eigenvalue weighted by atomic mass is 16.7. The van der Waals surface area contributed by atoms with Crippen LogP contribution in [0.25, 0.3) is 5.69 Å². The van der Waals surface area contributed by atoms with Crippen molar-refractivity contribution in [1.82, 2.24) is 9.55 Å². The lowest BCUT2D eigenvalue weighted by Gasteiger charge is -2.35. The van der Waals surface area contributed by atoms with E-state index in [-0.39, 0.29) is 12.4 Å². The first-order valence-electron chi connectivity index (χ1n) is 10.8. The fourth-order valence-electron chi connectivity index (χ4n) is 4.80. The third kappa shape index (κ3) is 3.19. The zero-order valence-corrected chi connectivity index (χ0v) is 18.9. The van der Waals surface area contributed by atoms with Crippen molar-refractivity contribution in [1.29, 1.82) is 0 Å². The molecule has 2 N–H and O–H groups in total. The van der Waals surface area contributed by atoms with E-state index in [1.165, 1.54) is 7.11 Å². The van der Waals surface area contributed by atoms with Crippen LogP contribution in [-0.2, 0) is 6.42 Å². The Morgan fingerprint density at radius 2 is 1.94 bits per heavy atom. The molecule has 0 amide bonds. The summed E-state index contributed by atoms with van der Waals surface area (Å²) in [6, 6.07) is 6.56. The van der Waals surface area contributed by atoms with Gasteiger partial charge in [-0.05, 0) is 54.6 Å². The van der Waals surface area contributed by atoms with Crippen molar-refractivity contribution < 1.29 is 24.2 Å². The van der Waals surface area contributed by atoms with Gasteiger partial charge in [0, 0.05) is 12.1 Å². The maximum Gasteiger partial charge on any atom is 0.332 e. The monoisotopic (exact) mass is 451 g/mol. The van der Waals surface area contributed by atoms with Crippen LogP contribution in [0.15, 0.2) is 33.9 Å². The van der Waals surface area contributed by atoms with Crippen molar-refractivity contribution in [2.24, 2.45) is 0 Å². The molecule has 0 spiro atoms. The summed E-state index contributed by atoms with van der Waals surface area (Å²) in [6.45, 7) is 4.62. The fraction of sp³-hybridized carbons (Fsp3) is 0.333. The number of hydrogen-bond acceptors (Lipinski definition) is 6. The van der Waals surface area contributed by atoms with E-state index in [1.807, 2.05) is 33.0 Å². The first-order valence-corrected chi connectivity index (χ1v) is 10.8. The van der Waals surface area contributed by atoms with Crippen molar-refractivity contribution in [3.63, 3.8) is 0 Å². The lowest BCUT2D eigenvalue weighted by molar-refractivity contribution is -0.908. The summed E-state index contributed by atoms with van der Waals surface area (Å²) in [5, 5.41) is 13.7. The van der Waals surface area contributed by atoms with Crippen LogP contribution in [0.1, 0.15) is 33.9 Å². The van der Waals surface area contributed by atoms with E-state index in [9.17, 15) is 14.7 Å². The molecule has 0 saturated heterocycles. The molecule has 2 atom stereocenters. The molecule has 1 aromatic heterocycles. The molecule has 3 heterocycles. The molecular weight excluding hydrogens is 426 g/mol. The molecule has 0 fully saturated rings. The molecule has 3 aromatic rings. The minimum absolute atomic E-state index is 0.0107. The summed E-state index contributed by atoms with van der Waals surface area (Å²) in [7, 11) is 3.44. The molecule has 9 nitrogen and oxygen atoms in total. The predicted molar refractivity (Wildman–Crippen MR) is 118 cm³/mol. The Labute approximate surface area is 189 Å². The van der Waals surface area contributed by atoms with Gasteiger partial charge in [-0.25, -0.2) is 4.79 Å². The molecule has 1 unspecified atom stereocenters.